The van der Waals surface area contributed by atoms with Crippen LogP contribution in [0.15, 0.2) is 47.4 Å². The highest BCUT2D eigenvalue weighted by Crippen LogP contribution is 2.31. The third-order valence-electron chi connectivity index (χ3n) is 3.11. The summed E-state index contributed by atoms with van der Waals surface area (Å²) in [6.07, 6.45) is 0. The summed E-state index contributed by atoms with van der Waals surface area (Å²) >= 11 is 0. The van der Waals surface area contributed by atoms with Gasteiger partial charge in [0.05, 0.1) is 9.82 Å². The Balaban J connectivity index is 2.42. The quantitative estimate of drug-likeness (QED) is 0.490. The number of nitrogens with zero attached hydrogens (tertiary/aromatic N) is 2. The van der Waals surface area contributed by atoms with Crippen LogP contribution in [0.4, 0.5) is 22.7 Å². The number of nitro groups is 1. The summed E-state index contributed by atoms with van der Waals surface area (Å²) in [5.74, 6) is 0. The van der Waals surface area contributed by atoms with Crippen molar-refractivity contribution >= 4 is 32.9 Å². The van der Waals surface area contributed by atoms with E-state index < -0.39 is 15.0 Å². The highest BCUT2D eigenvalue weighted by Gasteiger charge is 2.16. The van der Waals surface area contributed by atoms with Crippen molar-refractivity contribution in [2.75, 3.05) is 24.3 Å². The van der Waals surface area contributed by atoms with Crippen LogP contribution in [-0.4, -0.2) is 32.0 Å². The predicted octanol–water partition coefficient (Wildman–Crippen LogP) is 2.65. The first-order chi connectivity index (χ1) is 10.7. The molecule has 0 unspecified atom stereocenters. The van der Waals surface area contributed by atoms with E-state index in [1.54, 1.807) is 25.1 Å². The third-order valence-corrected chi connectivity index (χ3v) is 3.95. The van der Waals surface area contributed by atoms with Crippen LogP contribution in [0.5, 0.6) is 0 Å². The number of nitro benzene ring substituents is 1. The SMILES string of the molecule is CN(C)c1ccc(Nc2cccc(S(=O)(=O)O)c2)c([N+](=O)[O-])c1. The first-order valence-electron chi connectivity index (χ1n) is 6.49. The highest BCUT2D eigenvalue weighted by molar-refractivity contribution is 7.85. The molecule has 0 saturated heterocycles. The molecule has 0 atom stereocenters. The zero-order chi connectivity index (χ0) is 17.2. The fourth-order valence-electron chi connectivity index (χ4n) is 1.94. The van der Waals surface area contributed by atoms with E-state index in [-0.39, 0.29) is 16.3 Å². The van der Waals surface area contributed by atoms with E-state index in [0.29, 0.717) is 11.4 Å². The van der Waals surface area contributed by atoms with Crippen LogP contribution in [0.2, 0.25) is 0 Å². The van der Waals surface area contributed by atoms with Crippen molar-refractivity contribution in [1.29, 1.82) is 0 Å². The number of benzene rings is 2. The summed E-state index contributed by atoms with van der Waals surface area (Å²) in [4.78, 5) is 12.1. The van der Waals surface area contributed by atoms with Gasteiger partial charge in [-0.05, 0) is 30.3 Å². The van der Waals surface area contributed by atoms with E-state index in [0.717, 1.165) is 0 Å². The second-order valence-corrected chi connectivity index (χ2v) is 6.40. The minimum absolute atomic E-state index is 0.145. The number of nitrogens with one attached hydrogen (secondary N) is 1. The standard InChI is InChI=1S/C14H15N3O5S/c1-16(2)11-6-7-13(14(9-11)17(18)19)15-10-4-3-5-12(8-10)23(20,21)22/h3-9,15H,1-2H3,(H,20,21,22). The van der Waals surface area contributed by atoms with E-state index in [4.69, 9.17) is 4.55 Å². The normalized spacial score (nSPS) is 11.1. The Morgan fingerprint density at radius 2 is 1.87 bits per heavy atom. The summed E-state index contributed by atoms with van der Waals surface area (Å²) in [6, 6.07) is 10.0. The van der Waals surface area contributed by atoms with Crippen molar-refractivity contribution in [2.24, 2.45) is 0 Å². The van der Waals surface area contributed by atoms with Crippen LogP contribution in [0.3, 0.4) is 0 Å². The van der Waals surface area contributed by atoms with E-state index in [9.17, 15) is 18.5 Å². The molecule has 8 nitrogen and oxygen atoms in total. The Labute approximate surface area is 133 Å². The molecule has 2 N–H and O–H groups in total. The molecule has 0 aromatic heterocycles. The molecular formula is C14H15N3O5S. The first-order valence-corrected chi connectivity index (χ1v) is 7.93. The molecule has 0 saturated carbocycles. The number of hydrogen-bond donors (Lipinski definition) is 2. The monoisotopic (exact) mass is 337 g/mol. The molecule has 0 radical (unpaired) electrons. The van der Waals surface area contributed by atoms with Crippen molar-refractivity contribution in [3.05, 3.63) is 52.6 Å². The van der Waals surface area contributed by atoms with Gasteiger partial charge in [-0.2, -0.15) is 8.42 Å². The minimum Gasteiger partial charge on any atom is -0.377 e. The van der Waals surface area contributed by atoms with Crippen LogP contribution in [0, 0.1) is 10.1 Å². The van der Waals surface area contributed by atoms with Crippen LogP contribution in [-0.2, 0) is 10.1 Å². The minimum atomic E-state index is -4.34. The average molecular weight is 337 g/mol. The topological polar surface area (TPSA) is 113 Å². The second-order valence-electron chi connectivity index (χ2n) is 4.98. The second kappa shape index (κ2) is 6.23. The molecule has 23 heavy (non-hydrogen) atoms. The zero-order valence-electron chi connectivity index (χ0n) is 12.4. The molecule has 0 bridgehead atoms. The summed E-state index contributed by atoms with van der Waals surface area (Å²) in [5, 5.41) is 14.0. The van der Waals surface area contributed by atoms with Crippen LogP contribution in [0.1, 0.15) is 0 Å². The van der Waals surface area contributed by atoms with Gasteiger partial charge in [0.25, 0.3) is 15.8 Å². The molecule has 2 aromatic rings. The van der Waals surface area contributed by atoms with Gasteiger partial charge in [-0.3, -0.25) is 14.7 Å². The molecule has 9 heteroatoms. The lowest BCUT2D eigenvalue weighted by molar-refractivity contribution is -0.383. The van der Waals surface area contributed by atoms with Gasteiger partial charge in [0.1, 0.15) is 5.69 Å². The Morgan fingerprint density at radius 3 is 2.43 bits per heavy atom. The Kier molecular flexibility index (Phi) is 4.52. The van der Waals surface area contributed by atoms with Crippen molar-refractivity contribution in [3.63, 3.8) is 0 Å². The van der Waals surface area contributed by atoms with E-state index >= 15 is 0 Å². The first kappa shape index (κ1) is 16.7. The van der Waals surface area contributed by atoms with Crippen molar-refractivity contribution < 1.29 is 17.9 Å². The zero-order valence-corrected chi connectivity index (χ0v) is 13.2. The Hall–Kier alpha value is -2.65. The number of hydrogen-bond acceptors (Lipinski definition) is 6. The maximum Gasteiger partial charge on any atom is 0.294 e. The van der Waals surface area contributed by atoms with Crippen LogP contribution in [0.25, 0.3) is 0 Å². The lowest BCUT2D eigenvalue weighted by Gasteiger charge is -2.14. The van der Waals surface area contributed by atoms with Gasteiger partial charge in [-0.1, -0.05) is 6.07 Å². The van der Waals surface area contributed by atoms with Crippen molar-refractivity contribution in [1.82, 2.24) is 0 Å². The number of rotatable bonds is 5. The van der Waals surface area contributed by atoms with Gasteiger partial charge < -0.3 is 10.2 Å². The molecule has 0 amide bonds. The summed E-state index contributed by atoms with van der Waals surface area (Å²) < 4.78 is 31.3. The number of anilines is 3. The summed E-state index contributed by atoms with van der Waals surface area (Å²) in [7, 11) is -0.811. The smallest absolute Gasteiger partial charge is 0.294 e. The summed E-state index contributed by atoms with van der Waals surface area (Å²) in [5.41, 5.74) is 1.04. The van der Waals surface area contributed by atoms with E-state index in [1.807, 2.05) is 0 Å². The molecule has 0 aliphatic heterocycles. The predicted molar refractivity (Wildman–Crippen MR) is 87.0 cm³/mol. The average Bonchev–Trinajstić information content (AvgIpc) is 2.46. The fourth-order valence-corrected chi connectivity index (χ4v) is 2.47. The molecule has 0 aliphatic carbocycles. The molecular weight excluding hydrogens is 322 g/mol. The maximum atomic E-state index is 11.2. The molecule has 0 heterocycles. The van der Waals surface area contributed by atoms with Gasteiger partial charge in [0, 0.05) is 31.5 Å². The molecule has 0 spiro atoms. The lowest BCUT2D eigenvalue weighted by Crippen LogP contribution is -2.09. The van der Waals surface area contributed by atoms with E-state index in [1.165, 1.54) is 36.4 Å². The molecule has 0 aliphatic rings. The van der Waals surface area contributed by atoms with E-state index in [2.05, 4.69) is 5.32 Å². The molecule has 0 fully saturated rings. The van der Waals surface area contributed by atoms with Crippen LogP contribution < -0.4 is 10.2 Å². The fraction of sp³-hybridized carbons (Fsp3) is 0.143. The summed E-state index contributed by atoms with van der Waals surface area (Å²) in [6.45, 7) is 0. The largest absolute Gasteiger partial charge is 0.377 e. The Morgan fingerprint density at radius 1 is 1.17 bits per heavy atom. The highest BCUT2D eigenvalue weighted by atomic mass is 32.2. The molecule has 122 valence electrons. The van der Waals surface area contributed by atoms with Gasteiger partial charge in [-0.15, -0.1) is 0 Å². The van der Waals surface area contributed by atoms with Crippen molar-refractivity contribution in [3.8, 4) is 0 Å². The van der Waals surface area contributed by atoms with Gasteiger partial charge >= 0.3 is 0 Å². The molecule has 2 aromatic carbocycles. The maximum absolute atomic E-state index is 11.2. The van der Waals surface area contributed by atoms with Crippen molar-refractivity contribution in [2.45, 2.75) is 4.90 Å². The third kappa shape index (κ3) is 3.96. The Bertz CT molecular complexity index is 849. The molecule has 2 rings (SSSR count). The lowest BCUT2D eigenvalue weighted by atomic mass is 10.2. The van der Waals surface area contributed by atoms with Gasteiger partial charge in [0.15, 0.2) is 0 Å². The van der Waals surface area contributed by atoms with Gasteiger partial charge in [0.2, 0.25) is 0 Å². The van der Waals surface area contributed by atoms with Gasteiger partial charge in [-0.25, -0.2) is 0 Å². The van der Waals surface area contributed by atoms with Crippen LogP contribution >= 0.6 is 0 Å².